The van der Waals surface area contributed by atoms with E-state index < -0.39 is 0 Å². The first-order chi connectivity index (χ1) is 6.54. The predicted molar refractivity (Wildman–Crippen MR) is 60.2 cm³/mol. The van der Waals surface area contributed by atoms with Crippen LogP contribution in [0.2, 0.25) is 0 Å². The molecule has 1 amide bonds. The summed E-state index contributed by atoms with van der Waals surface area (Å²) >= 11 is 3.36. The summed E-state index contributed by atoms with van der Waals surface area (Å²) in [6, 6.07) is 3.69. The van der Waals surface area contributed by atoms with E-state index in [9.17, 15) is 4.79 Å². The van der Waals surface area contributed by atoms with E-state index in [1.807, 2.05) is 26.0 Å². The first-order valence-electron chi connectivity index (χ1n) is 4.42. The predicted octanol–water partition coefficient (Wildman–Crippen LogP) is 2.46. The lowest BCUT2D eigenvalue weighted by molar-refractivity contribution is -0.121. The molecule has 0 saturated carbocycles. The fraction of sp³-hybridized carbons (Fsp3) is 0.400. The van der Waals surface area contributed by atoms with E-state index in [4.69, 9.17) is 0 Å². The normalized spacial score (nSPS) is 10.4. The number of aromatic nitrogens is 1. The maximum Gasteiger partial charge on any atom is 0.230 e. The molecule has 0 N–H and O–H groups in total. The lowest BCUT2D eigenvalue weighted by atomic mass is 10.2. The van der Waals surface area contributed by atoms with Crippen LogP contribution in [-0.2, 0) is 4.79 Å². The summed E-state index contributed by atoms with van der Waals surface area (Å²) in [7, 11) is 1.73. The molecule has 1 aromatic rings. The highest BCUT2D eigenvalue weighted by Gasteiger charge is 2.17. The van der Waals surface area contributed by atoms with E-state index in [-0.39, 0.29) is 11.8 Å². The van der Waals surface area contributed by atoms with Crippen molar-refractivity contribution in [1.82, 2.24) is 4.98 Å². The molecule has 0 aliphatic carbocycles. The van der Waals surface area contributed by atoms with Crippen molar-refractivity contribution in [3.63, 3.8) is 0 Å². The van der Waals surface area contributed by atoms with Crippen molar-refractivity contribution in [3.8, 4) is 0 Å². The maximum atomic E-state index is 11.7. The van der Waals surface area contributed by atoms with Crippen LogP contribution in [0, 0.1) is 5.92 Å². The lowest BCUT2D eigenvalue weighted by Crippen LogP contribution is -2.31. The van der Waals surface area contributed by atoms with Gasteiger partial charge in [-0.3, -0.25) is 9.69 Å². The molecule has 0 aliphatic heterocycles. The standard InChI is InChI=1S/C10H13BrN2O/c1-7(2)10(14)13(3)9-8(11)5-4-6-12-9/h4-7H,1-3H3. The summed E-state index contributed by atoms with van der Waals surface area (Å²) in [5.41, 5.74) is 0. The molecular weight excluding hydrogens is 244 g/mol. The van der Waals surface area contributed by atoms with Gasteiger partial charge in [0.2, 0.25) is 5.91 Å². The number of pyridine rings is 1. The second kappa shape index (κ2) is 4.55. The van der Waals surface area contributed by atoms with Gasteiger partial charge in [-0.25, -0.2) is 4.98 Å². The van der Waals surface area contributed by atoms with Crippen molar-refractivity contribution >= 4 is 27.7 Å². The van der Waals surface area contributed by atoms with Crippen molar-refractivity contribution in [3.05, 3.63) is 22.8 Å². The number of nitrogens with zero attached hydrogens (tertiary/aromatic N) is 2. The average Bonchev–Trinajstić information content (AvgIpc) is 2.16. The third-order valence-electron chi connectivity index (χ3n) is 1.88. The Morgan fingerprint density at radius 3 is 2.71 bits per heavy atom. The SMILES string of the molecule is CC(C)C(=O)N(C)c1ncccc1Br. The zero-order chi connectivity index (χ0) is 10.7. The van der Waals surface area contributed by atoms with Crippen LogP contribution >= 0.6 is 15.9 Å². The van der Waals surface area contributed by atoms with E-state index >= 15 is 0 Å². The highest BCUT2D eigenvalue weighted by molar-refractivity contribution is 9.10. The van der Waals surface area contributed by atoms with Gasteiger partial charge in [-0.2, -0.15) is 0 Å². The number of anilines is 1. The molecule has 0 radical (unpaired) electrons. The Morgan fingerprint density at radius 2 is 2.21 bits per heavy atom. The van der Waals surface area contributed by atoms with Gasteiger partial charge in [0.25, 0.3) is 0 Å². The Kier molecular flexibility index (Phi) is 3.63. The zero-order valence-corrected chi connectivity index (χ0v) is 10.1. The molecule has 0 aromatic carbocycles. The Morgan fingerprint density at radius 1 is 1.57 bits per heavy atom. The van der Waals surface area contributed by atoms with Crippen molar-refractivity contribution < 1.29 is 4.79 Å². The molecule has 0 saturated heterocycles. The molecule has 1 heterocycles. The van der Waals surface area contributed by atoms with E-state index in [0.29, 0.717) is 5.82 Å². The largest absolute Gasteiger partial charge is 0.299 e. The molecule has 3 nitrogen and oxygen atoms in total. The number of hydrogen-bond donors (Lipinski definition) is 0. The van der Waals surface area contributed by atoms with Gasteiger partial charge in [0.05, 0.1) is 4.47 Å². The van der Waals surface area contributed by atoms with Gasteiger partial charge in [0.1, 0.15) is 5.82 Å². The highest BCUT2D eigenvalue weighted by atomic mass is 79.9. The van der Waals surface area contributed by atoms with Gasteiger partial charge in [0, 0.05) is 19.2 Å². The third kappa shape index (κ3) is 2.32. The summed E-state index contributed by atoms with van der Waals surface area (Å²) < 4.78 is 0.830. The van der Waals surface area contributed by atoms with Gasteiger partial charge >= 0.3 is 0 Å². The summed E-state index contributed by atoms with van der Waals surface area (Å²) in [5.74, 6) is 0.699. The van der Waals surface area contributed by atoms with Crippen LogP contribution < -0.4 is 4.90 Å². The molecule has 0 fully saturated rings. The molecule has 0 atom stereocenters. The maximum absolute atomic E-state index is 11.7. The number of rotatable bonds is 2. The van der Waals surface area contributed by atoms with Crippen molar-refractivity contribution in [1.29, 1.82) is 0 Å². The van der Waals surface area contributed by atoms with Crippen LogP contribution in [0.5, 0.6) is 0 Å². The number of carbonyl (C=O) groups excluding carboxylic acids is 1. The van der Waals surface area contributed by atoms with Crippen LogP contribution in [0.15, 0.2) is 22.8 Å². The average molecular weight is 257 g/mol. The minimum atomic E-state index is -0.0195. The molecule has 0 aliphatic rings. The number of carbonyl (C=O) groups is 1. The molecule has 0 spiro atoms. The molecule has 0 unspecified atom stereocenters. The Hall–Kier alpha value is -0.900. The molecule has 1 rings (SSSR count). The Bertz CT molecular complexity index is 339. The van der Waals surface area contributed by atoms with Crippen LogP contribution in [0.25, 0.3) is 0 Å². The summed E-state index contributed by atoms with van der Waals surface area (Å²) in [4.78, 5) is 17.4. The zero-order valence-electron chi connectivity index (χ0n) is 8.49. The summed E-state index contributed by atoms with van der Waals surface area (Å²) in [5, 5.41) is 0. The van der Waals surface area contributed by atoms with E-state index in [0.717, 1.165) is 4.47 Å². The van der Waals surface area contributed by atoms with Gasteiger partial charge < -0.3 is 0 Å². The smallest absolute Gasteiger partial charge is 0.230 e. The molecule has 76 valence electrons. The summed E-state index contributed by atoms with van der Waals surface area (Å²) in [6.45, 7) is 3.74. The van der Waals surface area contributed by atoms with E-state index in [1.165, 1.54) is 0 Å². The second-order valence-electron chi connectivity index (χ2n) is 3.36. The van der Waals surface area contributed by atoms with Crippen molar-refractivity contribution in [2.45, 2.75) is 13.8 Å². The van der Waals surface area contributed by atoms with Gasteiger partial charge in [0.15, 0.2) is 0 Å². The van der Waals surface area contributed by atoms with Crippen LogP contribution in [0.1, 0.15) is 13.8 Å². The fourth-order valence-corrected chi connectivity index (χ4v) is 1.64. The number of hydrogen-bond acceptors (Lipinski definition) is 2. The van der Waals surface area contributed by atoms with Crippen molar-refractivity contribution in [2.24, 2.45) is 5.92 Å². The second-order valence-corrected chi connectivity index (χ2v) is 4.22. The van der Waals surface area contributed by atoms with Gasteiger partial charge in [-0.1, -0.05) is 13.8 Å². The molecule has 4 heteroatoms. The first kappa shape index (κ1) is 11.2. The topological polar surface area (TPSA) is 33.2 Å². The molecular formula is C10H13BrN2O. The molecule has 0 bridgehead atoms. The quantitative estimate of drug-likeness (QED) is 0.815. The fourth-order valence-electron chi connectivity index (χ4n) is 1.12. The highest BCUT2D eigenvalue weighted by Crippen LogP contribution is 2.22. The minimum Gasteiger partial charge on any atom is -0.299 e. The third-order valence-corrected chi connectivity index (χ3v) is 2.50. The minimum absolute atomic E-state index is 0.0195. The van der Waals surface area contributed by atoms with E-state index in [2.05, 4.69) is 20.9 Å². The first-order valence-corrected chi connectivity index (χ1v) is 5.21. The summed E-state index contributed by atoms with van der Waals surface area (Å²) in [6.07, 6.45) is 1.67. The molecule has 1 aromatic heterocycles. The van der Waals surface area contributed by atoms with Crippen LogP contribution in [0.3, 0.4) is 0 Å². The Labute approximate surface area is 92.3 Å². The van der Waals surface area contributed by atoms with Crippen LogP contribution in [-0.4, -0.2) is 17.9 Å². The Balaban J connectivity index is 2.95. The van der Waals surface area contributed by atoms with Crippen LogP contribution in [0.4, 0.5) is 5.82 Å². The van der Waals surface area contributed by atoms with Gasteiger partial charge in [-0.05, 0) is 28.1 Å². The monoisotopic (exact) mass is 256 g/mol. The lowest BCUT2D eigenvalue weighted by Gasteiger charge is -2.19. The molecule has 14 heavy (non-hydrogen) atoms. The van der Waals surface area contributed by atoms with Gasteiger partial charge in [-0.15, -0.1) is 0 Å². The van der Waals surface area contributed by atoms with E-state index in [1.54, 1.807) is 18.1 Å². The number of amides is 1. The van der Waals surface area contributed by atoms with Crippen molar-refractivity contribution in [2.75, 3.05) is 11.9 Å². The number of halogens is 1.